The van der Waals surface area contributed by atoms with E-state index in [2.05, 4.69) is 10.3 Å². The number of rotatable bonds is 5. The second kappa shape index (κ2) is 7.80. The number of hydrogen-bond donors (Lipinski definition) is 1. The van der Waals surface area contributed by atoms with Gasteiger partial charge in [-0.25, -0.2) is 4.39 Å². The van der Waals surface area contributed by atoms with Gasteiger partial charge in [0.15, 0.2) is 0 Å². The van der Waals surface area contributed by atoms with Crippen LogP contribution in [-0.4, -0.2) is 10.9 Å². The summed E-state index contributed by atoms with van der Waals surface area (Å²) in [6.45, 7) is 0. The standard InChI is InChI=1S/C23H21FN2O2/c24-18-5-3-17(4-6-18)23(13-1-2-14-23)22(27)26-19-7-9-20(10-8-19)28-21-11-15-25-16-12-21/h3-12,15-16H,1-2,13-14H2,(H,26,27). The number of benzene rings is 2. The molecule has 2 aromatic carbocycles. The van der Waals surface area contributed by atoms with Crippen LogP contribution in [-0.2, 0) is 10.2 Å². The van der Waals surface area contributed by atoms with Gasteiger partial charge < -0.3 is 10.1 Å². The van der Waals surface area contributed by atoms with Gasteiger partial charge in [0.25, 0.3) is 0 Å². The second-order valence-electron chi connectivity index (χ2n) is 7.06. The quantitative estimate of drug-likeness (QED) is 0.643. The van der Waals surface area contributed by atoms with Gasteiger partial charge in [0.1, 0.15) is 17.3 Å². The summed E-state index contributed by atoms with van der Waals surface area (Å²) >= 11 is 0. The van der Waals surface area contributed by atoms with Crippen molar-refractivity contribution in [1.29, 1.82) is 0 Å². The van der Waals surface area contributed by atoms with Gasteiger partial charge in [-0.3, -0.25) is 9.78 Å². The van der Waals surface area contributed by atoms with Crippen LogP contribution in [0.4, 0.5) is 10.1 Å². The number of pyridine rings is 1. The van der Waals surface area contributed by atoms with E-state index in [1.807, 2.05) is 24.3 Å². The minimum atomic E-state index is -0.597. The first kappa shape index (κ1) is 18.2. The molecule has 0 spiro atoms. The Morgan fingerprint density at radius 2 is 1.50 bits per heavy atom. The van der Waals surface area contributed by atoms with Gasteiger partial charge >= 0.3 is 0 Å². The smallest absolute Gasteiger partial charge is 0.235 e. The number of nitrogens with zero attached hydrogens (tertiary/aromatic N) is 1. The maximum Gasteiger partial charge on any atom is 0.235 e. The summed E-state index contributed by atoms with van der Waals surface area (Å²) in [5, 5.41) is 3.03. The zero-order valence-electron chi connectivity index (χ0n) is 15.4. The molecule has 0 aliphatic heterocycles. The van der Waals surface area contributed by atoms with Crippen molar-refractivity contribution in [3.63, 3.8) is 0 Å². The number of anilines is 1. The number of halogens is 1. The van der Waals surface area contributed by atoms with Gasteiger partial charge in [0.2, 0.25) is 5.91 Å². The molecule has 1 aliphatic carbocycles. The molecule has 0 atom stereocenters. The highest BCUT2D eigenvalue weighted by molar-refractivity contribution is 5.99. The molecule has 1 heterocycles. The van der Waals surface area contributed by atoms with Crippen molar-refractivity contribution in [1.82, 2.24) is 4.98 Å². The second-order valence-corrected chi connectivity index (χ2v) is 7.06. The molecule has 1 amide bonds. The Morgan fingerprint density at radius 3 is 2.14 bits per heavy atom. The molecule has 4 rings (SSSR count). The summed E-state index contributed by atoms with van der Waals surface area (Å²) in [5.74, 6) is 1.05. The Balaban J connectivity index is 1.49. The van der Waals surface area contributed by atoms with Crippen molar-refractivity contribution in [3.05, 3.63) is 84.4 Å². The molecule has 1 saturated carbocycles. The van der Waals surface area contributed by atoms with E-state index in [4.69, 9.17) is 4.74 Å². The van der Waals surface area contributed by atoms with E-state index in [0.29, 0.717) is 17.2 Å². The van der Waals surface area contributed by atoms with Crippen molar-refractivity contribution in [2.75, 3.05) is 5.32 Å². The van der Waals surface area contributed by atoms with E-state index in [-0.39, 0.29) is 11.7 Å². The van der Waals surface area contributed by atoms with Crippen molar-refractivity contribution < 1.29 is 13.9 Å². The molecule has 1 aromatic heterocycles. The summed E-state index contributed by atoms with van der Waals surface area (Å²) in [7, 11) is 0. The van der Waals surface area contributed by atoms with Crippen molar-refractivity contribution in [2.45, 2.75) is 31.1 Å². The molecule has 1 fully saturated rings. The molecule has 3 aromatic rings. The lowest BCUT2D eigenvalue weighted by Gasteiger charge is -2.28. The maximum atomic E-state index is 13.3. The lowest BCUT2D eigenvalue weighted by molar-refractivity contribution is -0.121. The monoisotopic (exact) mass is 376 g/mol. The van der Waals surface area contributed by atoms with Gasteiger partial charge in [0.05, 0.1) is 5.41 Å². The fourth-order valence-corrected chi connectivity index (χ4v) is 3.79. The topological polar surface area (TPSA) is 51.2 Å². The Kier molecular flexibility index (Phi) is 5.06. The number of carbonyl (C=O) groups excluding carboxylic acids is 1. The normalized spacial score (nSPS) is 15.2. The minimum Gasteiger partial charge on any atom is -0.457 e. The van der Waals surface area contributed by atoms with Gasteiger partial charge in [-0.2, -0.15) is 0 Å². The lowest BCUT2D eigenvalue weighted by atomic mass is 9.78. The molecule has 0 bridgehead atoms. The fourth-order valence-electron chi connectivity index (χ4n) is 3.79. The average Bonchev–Trinajstić information content (AvgIpc) is 3.22. The molecule has 0 saturated heterocycles. The molecule has 1 N–H and O–H groups in total. The first-order valence-electron chi connectivity index (χ1n) is 9.41. The third-order valence-corrected chi connectivity index (χ3v) is 5.29. The van der Waals surface area contributed by atoms with Crippen LogP contribution in [0.15, 0.2) is 73.1 Å². The van der Waals surface area contributed by atoms with Crippen LogP contribution in [0.2, 0.25) is 0 Å². The van der Waals surface area contributed by atoms with E-state index >= 15 is 0 Å². The van der Waals surface area contributed by atoms with Gasteiger partial charge in [-0.1, -0.05) is 25.0 Å². The fraction of sp³-hybridized carbons (Fsp3) is 0.217. The van der Waals surface area contributed by atoms with Crippen molar-refractivity contribution >= 4 is 11.6 Å². The zero-order valence-corrected chi connectivity index (χ0v) is 15.4. The van der Waals surface area contributed by atoms with Crippen molar-refractivity contribution in [3.8, 4) is 11.5 Å². The highest BCUT2D eigenvalue weighted by atomic mass is 19.1. The number of nitrogens with one attached hydrogen (secondary N) is 1. The van der Waals surface area contributed by atoms with Crippen LogP contribution in [0.5, 0.6) is 11.5 Å². The third-order valence-electron chi connectivity index (χ3n) is 5.29. The molecule has 0 unspecified atom stereocenters. The molecule has 0 radical (unpaired) electrons. The number of hydrogen-bond acceptors (Lipinski definition) is 3. The molecule has 28 heavy (non-hydrogen) atoms. The number of ether oxygens (including phenoxy) is 1. The maximum absolute atomic E-state index is 13.3. The van der Waals surface area contributed by atoms with Gasteiger partial charge in [0, 0.05) is 18.1 Å². The summed E-state index contributed by atoms with van der Waals surface area (Å²) < 4.78 is 19.1. The van der Waals surface area contributed by atoms with E-state index in [9.17, 15) is 9.18 Å². The number of aromatic nitrogens is 1. The highest BCUT2D eigenvalue weighted by Gasteiger charge is 2.42. The van der Waals surface area contributed by atoms with Crippen LogP contribution >= 0.6 is 0 Å². The van der Waals surface area contributed by atoms with E-state index in [0.717, 1.165) is 31.2 Å². The Morgan fingerprint density at radius 1 is 0.893 bits per heavy atom. The number of amides is 1. The Labute approximate surface area is 163 Å². The lowest BCUT2D eigenvalue weighted by Crippen LogP contribution is -2.38. The van der Waals surface area contributed by atoms with Crippen LogP contribution in [0.25, 0.3) is 0 Å². The largest absolute Gasteiger partial charge is 0.457 e. The summed E-state index contributed by atoms with van der Waals surface area (Å²) in [5.41, 5.74) is 0.988. The predicted octanol–water partition coefficient (Wildman–Crippen LogP) is 5.46. The predicted molar refractivity (Wildman–Crippen MR) is 106 cm³/mol. The molecule has 5 heteroatoms. The van der Waals surface area contributed by atoms with E-state index < -0.39 is 5.41 Å². The van der Waals surface area contributed by atoms with Crippen molar-refractivity contribution in [2.24, 2.45) is 0 Å². The minimum absolute atomic E-state index is 0.0422. The van der Waals surface area contributed by atoms with Crippen LogP contribution in [0, 0.1) is 5.82 Å². The number of carbonyl (C=O) groups is 1. The Bertz CT molecular complexity index is 935. The first-order valence-corrected chi connectivity index (χ1v) is 9.41. The van der Waals surface area contributed by atoms with Crippen LogP contribution in [0.3, 0.4) is 0 Å². The summed E-state index contributed by atoms with van der Waals surface area (Å²) in [6.07, 6.45) is 6.86. The molecule has 142 valence electrons. The SMILES string of the molecule is O=C(Nc1ccc(Oc2ccncc2)cc1)C1(c2ccc(F)cc2)CCCC1. The molecule has 1 aliphatic rings. The van der Waals surface area contributed by atoms with Gasteiger partial charge in [-0.05, 0) is 66.9 Å². The van der Waals surface area contributed by atoms with E-state index in [1.165, 1.54) is 12.1 Å². The zero-order chi connectivity index (χ0) is 19.4. The molecular formula is C23H21FN2O2. The summed E-state index contributed by atoms with van der Waals surface area (Å²) in [6, 6.07) is 17.1. The van der Waals surface area contributed by atoms with E-state index in [1.54, 1.807) is 36.7 Å². The average molecular weight is 376 g/mol. The van der Waals surface area contributed by atoms with Crippen LogP contribution < -0.4 is 10.1 Å². The third kappa shape index (κ3) is 3.74. The van der Waals surface area contributed by atoms with Crippen LogP contribution in [0.1, 0.15) is 31.2 Å². The molecular weight excluding hydrogens is 355 g/mol. The summed E-state index contributed by atoms with van der Waals surface area (Å²) in [4.78, 5) is 17.1. The van der Waals surface area contributed by atoms with Gasteiger partial charge in [-0.15, -0.1) is 0 Å². The highest BCUT2D eigenvalue weighted by Crippen LogP contribution is 2.42. The first-order chi connectivity index (χ1) is 13.7. The molecule has 4 nitrogen and oxygen atoms in total. The Hall–Kier alpha value is -3.21.